The Hall–Kier alpha value is -3.00. The van der Waals surface area contributed by atoms with E-state index in [0.29, 0.717) is 17.4 Å². The number of carbonyl (C=O) groups is 1. The fourth-order valence-corrected chi connectivity index (χ4v) is 3.28. The molecule has 3 rings (SSSR count). The number of carbonyl (C=O) groups excluding carboxylic acids is 1. The van der Waals surface area contributed by atoms with Crippen molar-refractivity contribution in [1.29, 1.82) is 0 Å². The molecule has 1 heterocycles. The van der Waals surface area contributed by atoms with Gasteiger partial charge in [0, 0.05) is 12.1 Å². The van der Waals surface area contributed by atoms with E-state index in [2.05, 4.69) is 22.4 Å². The monoisotopic (exact) mass is 397 g/mol. The van der Waals surface area contributed by atoms with Crippen LogP contribution in [0.3, 0.4) is 0 Å². The van der Waals surface area contributed by atoms with Crippen LogP contribution in [0.1, 0.15) is 23.9 Å². The number of nitrogen functional groups attached to an aromatic ring is 1. The topological polar surface area (TPSA) is 95.1 Å². The van der Waals surface area contributed by atoms with E-state index in [-0.39, 0.29) is 11.7 Å². The molecule has 1 aromatic heterocycles. The van der Waals surface area contributed by atoms with Gasteiger partial charge >= 0.3 is 0 Å². The van der Waals surface area contributed by atoms with Gasteiger partial charge in [0.25, 0.3) is 0 Å². The molecule has 0 saturated carbocycles. The van der Waals surface area contributed by atoms with E-state index in [1.807, 2.05) is 48.5 Å². The molecule has 0 spiro atoms. The smallest absolute Gasteiger partial charge is 0.234 e. The lowest BCUT2D eigenvalue weighted by Gasteiger charge is -2.06. The second-order valence-corrected chi connectivity index (χ2v) is 7.12. The molecule has 7 nitrogen and oxygen atoms in total. The Morgan fingerprint density at radius 2 is 1.79 bits per heavy atom. The molecular weight excluding hydrogens is 374 g/mol. The van der Waals surface area contributed by atoms with Gasteiger partial charge in [0.1, 0.15) is 5.75 Å². The normalized spacial score (nSPS) is 10.6. The molecule has 0 bridgehead atoms. The maximum Gasteiger partial charge on any atom is 0.234 e. The van der Waals surface area contributed by atoms with Crippen molar-refractivity contribution in [2.75, 3.05) is 24.0 Å². The highest BCUT2D eigenvalue weighted by Gasteiger charge is 2.13. The molecule has 28 heavy (non-hydrogen) atoms. The zero-order chi connectivity index (χ0) is 19.9. The third kappa shape index (κ3) is 5.04. The molecule has 146 valence electrons. The first kappa shape index (κ1) is 19.8. The van der Waals surface area contributed by atoms with Crippen molar-refractivity contribution >= 4 is 23.4 Å². The van der Waals surface area contributed by atoms with Crippen LogP contribution in [0, 0.1) is 0 Å². The number of aromatic nitrogens is 3. The Labute approximate surface area is 168 Å². The van der Waals surface area contributed by atoms with Crippen LogP contribution in [0.15, 0.2) is 53.7 Å². The molecule has 0 fully saturated rings. The highest BCUT2D eigenvalue weighted by Crippen LogP contribution is 2.18. The number of nitrogens with two attached hydrogens (primary N) is 1. The summed E-state index contributed by atoms with van der Waals surface area (Å²) in [5, 5.41) is 11.6. The Kier molecular flexibility index (Phi) is 6.54. The first-order valence-corrected chi connectivity index (χ1v) is 9.91. The largest absolute Gasteiger partial charge is 0.497 e. The van der Waals surface area contributed by atoms with Crippen molar-refractivity contribution in [2.45, 2.75) is 24.9 Å². The first-order chi connectivity index (χ1) is 13.6. The van der Waals surface area contributed by atoms with Crippen molar-refractivity contribution in [1.82, 2.24) is 14.9 Å². The predicted molar refractivity (Wildman–Crippen MR) is 111 cm³/mol. The third-order valence-electron chi connectivity index (χ3n) is 4.23. The van der Waals surface area contributed by atoms with Gasteiger partial charge in [0.2, 0.25) is 11.1 Å². The first-order valence-electron chi connectivity index (χ1n) is 8.93. The number of anilines is 1. The van der Waals surface area contributed by atoms with Gasteiger partial charge in [-0.2, -0.15) is 0 Å². The minimum atomic E-state index is -0.117. The van der Waals surface area contributed by atoms with Crippen LogP contribution in [-0.4, -0.2) is 33.6 Å². The maximum atomic E-state index is 12.2. The van der Waals surface area contributed by atoms with Gasteiger partial charge in [-0.05, 0) is 41.8 Å². The number of methoxy groups -OCH3 is 1. The van der Waals surface area contributed by atoms with Crippen molar-refractivity contribution in [3.8, 4) is 5.75 Å². The predicted octanol–water partition coefficient (Wildman–Crippen LogP) is 2.88. The number of benzene rings is 2. The molecular formula is C20H23N5O2S. The number of nitrogens with zero attached hydrogens (tertiary/aromatic N) is 3. The summed E-state index contributed by atoms with van der Waals surface area (Å²) in [6.45, 7) is 2.09. The summed E-state index contributed by atoms with van der Waals surface area (Å²) < 4.78 is 6.59. The Balaban J connectivity index is 1.55. The molecule has 3 N–H and O–H groups in total. The number of nitrogens with one attached hydrogen (secondary N) is 1. The van der Waals surface area contributed by atoms with Crippen molar-refractivity contribution in [3.05, 3.63) is 65.5 Å². The van der Waals surface area contributed by atoms with Gasteiger partial charge in [0.05, 0.1) is 12.9 Å². The second kappa shape index (κ2) is 9.27. The fourth-order valence-electron chi connectivity index (χ4n) is 2.60. The van der Waals surface area contributed by atoms with Gasteiger partial charge < -0.3 is 15.9 Å². The van der Waals surface area contributed by atoms with Crippen molar-refractivity contribution < 1.29 is 9.53 Å². The maximum absolute atomic E-state index is 12.2. The summed E-state index contributed by atoms with van der Waals surface area (Å²) >= 11 is 1.25. The molecule has 0 radical (unpaired) electrons. The van der Waals surface area contributed by atoms with Gasteiger partial charge in [-0.3, -0.25) is 4.79 Å². The summed E-state index contributed by atoms with van der Waals surface area (Å²) in [6, 6.07) is 15.5. The zero-order valence-electron chi connectivity index (χ0n) is 15.9. The summed E-state index contributed by atoms with van der Waals surface area (Å²) in [4.78, 5) is 12.2. The SMILES string of the molecule is CCc1ccc(NC(=O)CSc2nnc(Cc3ccc(OC)cc3)n2N)cc1. The van der Waals surface area contributed by atoms with E-state index in [1.54, 1.807) is 7.11 Å². The number of thioether (sulfide) groups is 1. The number of hydrogen-bond acceptors (Lipinski definition) is 6. The number of aryl methyl sites for hydroxylation is 1. The second-order valence-electron chi connectivity index (χ2n) is 6.18. The van der Waals surface area contributed by atoms with E-state index >= 15 is 0 Å². The summed E-state index contributed by atoms with van der Waals surface area (Å²) in [6.07, 6.45) is 1.51. The highest BCUT2D eigenvalue weighted by atomic mass is 32.2. The number of amides is 1. The molecule has 0 aliphatic carbocycles. The van der Waals surface area contributed by atoms with Crippen molar-refractivity contribution in [2.24, 2.45) is 0 Å². The minimum absolute atomic E-state index is 0.117. The van der Waals surface area contributed by atoms with Crippen LogP contribution < -0.4 is 15.9 Å². The third-order valence-corrected chi connectivity index (χ3v) is 5.18. The van der Waals surface area contributed by atoms with Gasteiger partial charge in [-0.1, -0.05) is 43.0 Å². The molecule has 0 atom stereocenters. The van der Waals surface area contributed by atoms with Crippen LogP contribution in [0.5, 0.6) is 5.75 Å². The Bertz CT molecular complexity index is 923. The molecule has 3 aromatic rings. The van der Waals surface area contributed by atoms with E-state index in [1.165, 1.54) is 22.0 Å². The summed E-state index contributed by atoms with van der Waals surface area (Å²) in [7, 11) is 1.63. The number of rotatable bonds is 8. The molecule has 0 aliphatic rings. The lowest BCUT2D eigenvalue weighted by Crippen LogP contribution is -2.17. The molecule has 8 heteroatoms. The van der Waals surface area contributed by atoms with Gasteiger partial charge in [0.15, 0.2) is 5.82 Å². The number of ether oxygens (including phenoxy) is 1. The lowest BCUT2D eigenvalue weighted by atomic mass is 10.1. The average Bonchev–Trinajstić information content (AvgIpc) is 3.07. The fraction of sp³-hybridized carbons (Fsp3) is 0.250. The summed E-state index contributed by atoms with van der Waals surface area (Å²) in [5.41, 5.74) is 3.05. The molecule has 0 unspecified atom stereocenters. The highest BCUT2D eigenvalue weighted by molar-refractivity contribution is 7.99. The quantitative estimate of drug-likeness (QED) is 0.448. The molecule has 0 aliphatic heterocycles. The molecule has 0 saturated heterocycles. The minimum Gasteiger partial charge on any atom is -0.497 e. The number of hydrogen-bond donors (Lipinski definition) is 2. The van der Waals surface area contributed by atoms with Gasteiger partial charge in [-0.25, -0.2) is 4.68 Å². The Morgan fingerprint density at radius 3 is 2.43 bits per heavy atom. The van der Waals surface area contributed by atoms with Crippen LogP contribution >= 0.6 is 11.8 Å². The van der Waals surface area contributed by atoms with E-state index in [0.717, 1.165) is 23.4 Å². The van der Waals surface area contributed by atoms with Crippen LogP contribution in [0.25, 0.3) is 0 Å². The van der Waals surface area contributed by atoms with E-state index in [9.17, 15) is 4.79 Å². The lowest BCUT2D eigenvalue weighted by molar-refractivity contribution is -0.113. The van der Waals surface area contributed by atoms with Gasteiger partial charge in [-0.15, -0.1) is 10.2 Å². The van der Waals surface area contributed by atoms with Crippen LogP contribution in [-0.2, 0) is 17.6 Å². The Morgan fingerprint density at radius 1 is 1.11 bits per heavy atom. The molecule has 2 aromatic carbocycles. The van der Waals surface area contributed by atoms with E-state index < -0.39 is 0 Å². The van der Waals surface area contributed by atoms with E-state index in [4.69, 9.17) is 10.6 Å². The average molecular weight is 398 g/mol. The van der Waals surface area contributed by atoms with Crippen LogP contribution in [0.4, 0.5) is 5.69 Å². The zero-order valence-corrected chi connectivity index (χ0v) is 16.7. The van der Waals surface area contributed by atoms with Crippen molar-refractivity contribution in [3.63, 3.8) is 0 Å². The summed E-state index contributed by atoms with van der Waals surface area (Å²) in [5.74, 6) is 7.60. The standard InChI is InChI=1S/C20H23N5O2S/c1-3-14-4-8-16(9-5-14)22-19(26)13-28-20-24-23-18(25(20)21)12-15-6-10-17(27-2)11-7-15/h4-11H,3,12-13,21H2,1-2H3,(H,22,26). The molecule has 1 amide bonds. The van der Waals surface area contributed by atoms with Crippen LogP contribution in [0.2, 0.25) is 0 Å².